The number of amides is 1. The molecular weight excluding hydrogens is 349 g/mol. The SMILES string of the molecule is COc1ccc(OC)c(NC(=O)COc2ccccc2[P+](O)(O)O)c1. The van der Waals surface area contributed by atoms with Gasteiger partial charge in [0.1, 0.15) is 11.5 Å². The summed E-state index contributed by atoms with van der Waals surface area (Å²) in [5.74, 6) is 0.494. The molecule has 0 aliphatic carbocycles. The number of nitrogens with one attached hydrogen (secondary N) is 1. The number of carbonyl (C=O) groups is 1. The van der Waals surface area contributed by atoms with E-state index in [-0.39, 0.29) is 11.1 Å². The summed E-state index contributed by atoms with van der Waals surface area (Å²) in [6, 6.07) is 10.8. The number of rotatable bonds is 7. The van der Waals surface area contributed by atoms with E-state index in [4.69, 9.17) is 14.2 Å². The first kappa shape index (κ1) is 19.0. The van der Waals surface area contributed by atoms with Crippen molar-refractivity contribution in [3.05, 3.63) is 42.5 Å². The Labute approximate surface area is 145 Å². The van der Waals surface area contributed by atoms with Crippen molar-refractivity contribution in [2.75, 3.05) is 26.1 Å². The predicted molar refractivity (Wildman–Crippen MR) is 93.3 cm³/mol. The fourth-order valence-corrected chi connectivity index (χ4v) is 2.79. The number of hydrogen-bond acceptors (Lipinski definition) is 7. The average Bonchev–Trinajstić information content (AvgIpc) is 2.59. The van der Waals surface area contributed by atoms with Crippen molar-refractivity contribution in [2.24, 2.45) is 0 Å². The van der Waals surface area contributed by atoms with E-state index in [0.717, 1.165) is 0 Å². The van der Waals surface area contributed by atoms with Gasteiger partial charge in [-0.15, -0.1) is 0 Å². The standard InChI is InChI=1S/C16H18NO7P/c1-22-11-7-8-13(23-2)12(9-11)17-16(18)10-24-14-5-3-4-6-15(14)25(19,20)21/h3-9,19-21H,10H2,1-2H3/p+1. The van der Waals surface area contributed by atoms with Gasteiger partial charge in [-0.3, -0.25) is 4.79 Å². The Morgan fingerprint density at radius 2 is 1.76 bits per heavy atom. The van der Waals surface area contributed by atoms with E-state index in [9.17, 15) is 19.5 Å². The third kappa shape index (κ3) is 5.04. The summed E-state index contributed by atoms with van der Waals surface area (Å²) < 4.78 is 15.6. The summed E-state index contributed by atoms with van der Waals surface area (Å²) in [6.45, 7) is -0.405. The van der Waals surface area contributed by atoms with Gasteiger partial charge in [0.15, 0.2) is 12.4 Å². The quantitative estimate of drug-likeness (QED) is 0.540. The summed E-state index contributed by atoms with van der Waals surface area (Å²) in [4.78, 5) is 40.3. The molecule has 1 amide bonds. The maximum absolute atomic E-state index is 12.1. The molecule has 0 unspecified atom stereocenters. The predicted octanol–water partition coefficient (Wildman–Crippen LogP) is 1.09. The van der Waals surface area contributed by atoms with Crippen LogP contribution in [0.3, 0.4) is 0 Å². The number of methoxy groups -OCH3 is 2. The maximum atomic E-state index is 12.1. The van der Waals surface area contributed by atoms with Crippen LogP contribution in [0.15, 0.2) is 42.5 Å². The lowest BCUT2D eigenvalue weighted by Gasteiger charge is -2.13. The lowest BCUT2D eigenvalue weighted by atomic mass is 10.2. The summed E-state index contributed by atoms with van der Waals surface area (Å²) >= 11 is 0. The Morgan fingerprint density at radius 3 is 2.40 bits per heavy atom. The Kier molecular flexibility index (Phi) is 6.17. The van der Waals surface area contributed by atoms with E-state index in [2.05, 4.69) is 5.32 Å². The molecule has 134 valence electrons. The van der Waals surface area contributed by atoms with Crippen LogP contribution in [0.5, 0.6) is 17.2 Å². The summed E-state index contributed by atoms with van der Waals surface area (Å²) in [6.07, 6.45) is 0. The zero-order chi connectivity index (χ0) is 18.4. The lowest BCUT2D eigenvalue weighted by Crippen LogP contribution is -2.23. The zero-order valence-electron chi connectivity index (χ0n) is 13.7. The molecule has 2 aromatic carbocycles. The molecule has 8 nitrogen and oxygen atoms in total. The monoisotopic (exact) mass is 368 g/mol. The highest BCUT2D eigenvalue weighted by Gasteiger charge is 2.37. The number of benzene rings is 2. The maximum Gasteiger partial charge on any atom is 0.444 e. The Hall–Kier alpha value is -2.38. The molecular formula is C16H19NO7P+. The second-order valence-electron chi connectivity index (χ2n) is 4.94. The second kappa shape index (κ2) is 8.13. The molecule has 0 fully saturated rings. The molecule has 0 saturated carbocycles. The van der Waals surface area contributed by atoms with Gasteiger partial charge in [-0.05, 0) is 24.3 Å². The number of hydrogen-bond donors (Lipinski definition) is 4. The van der Waals surface area contributed by atoms with E-state index in [1.54, 1.807) is 24.3 Å². The fraction of sp³-hybridized carbons (Fsp3) is 0.188. The molecule has 0 heterocycles. The lowest BCUT2D eigenvalue weighted by molar-refractivity contribution is -0.118. The van der Waals surface area contributed by atoms with Crippen molar-refractivity contribution in [1.82, 2.24) is 0 Å². The van der Waals surface area contributed by atoms with Gasteiger partial charge in [0, 0.05) is 6.07 Å². The van der Waals surface area contributed by atoms with E-state index < -0.39 is 20.5 Å². The van der Waals surface area contributed by atoms with Crippen molar-refractivity contribution in [2.45, 2.75) is 0 Å². The molecule has 0 atom stereocenters. The first-order chi connectivity index (χ1) is 11.8. The minimum atomic E-state index is -4.25. The van der Waals surface area contributed by atoms with E-state index in [1.165, 1.54) is 32.4 Å². The first-order valence-electron chi connectivity index (χ1n) is 7.16. The van der Waals surface area contributed by atoms with E-state index >= 15 is 0 Å². The highest BCUT2D eigenvalue weighted by molar-refractivity contribution is 7.67. The molecule has 9 heteroatoms. The Morgan fingerprint density at radius 1 is 1.04 bits per heavy atom. The van der Waals surface area contributed by atoms with Crippen LogP contribution >= 0.6 is 7.94 Å². The van der Waals surface area contributed by atoms with E-state index in [1.807, 2.05) is 0 Å². The fourth-order valence-electron chi connectivity index (χ4n) is 2.07. The third-order valence-electron chi connectivity index (χ3n) is 3.23. The molecule has 25 heavy (non-hydrogen) atoms. The number of carbonyl (C=O) groups excluding carboxylic acids is 1. The number of para-hydroxylation sites is 1. The van der Waals surface area contributed by atoms with Crippen molar-refractivity contribution in [3.8, 4) is 17.2 Å². The van der Waals surface area contributed by atoms with Crippen LogP contribution in [-0.2, 0) is 4.79 Å². The van der Waals surface area contributed by atoms with Crippen LogP contribution in [0, 0.1) is 0 Å². The van der Waals surface area contributed by atoms with Gasteiger partial charge in [-0.25, -0.2) is 0 Å². The van der Waals surface area contributed by atoms with Crippen LogP contribution in [0.4, 0.5) is 5.69 Å². The Balaban J connectivity index is 2.08. The zero-order valence-corrected chi connectivity index (χ0v) is 14.6. The molecule has 4 N–H and O–H groups in total. The second-order valence-corrected chi connectivity index (χ2v) is 6.56. The molecule has 0 aliphatic rings. The average molecular weight is 368 g/mol. The van der Waals surface area contributed by atoms with Crippen LogP contribution in [0.2, 0.25) is 0 Å². The van der Waals surface area contributed by atoms with Gasteiger partial charge >= 0.3 is 7.94 Å². The molecule has 0 aromatic heterocycles. The van der Waals surface area contributed by atoms with Gasteiger partial charge in [-0.2, -0.15) is 14.7 Å². The molecule has 2 rings (SSSR count). The highest BCUT2D eigenvalue weighted by atomic mass is 31.2. The van der Waals surface area contributed by atoms with Crippen molar-refractivity contribution in [1.29, 1.82) is 0 Å². The molecule has 0 bridgehead atoms. The van der Waals surface area contributed by atoms with Gasteiger partial charge < -0.3 is 19.5 Å². The molecule has 0 saturated heterocycles. The molecule has 0 aliphatic heterocycles. The number of anilines is 1. The van der Waals surface area contributed by atoms with Crippen LogP contribution < -0.4 is 24.8 Å². The van der Waals surface area contributed by atoms with Gasteiger partial charge in [0.2, 0.25) is 5.30 Å². The van der Waals surface area contributed by atoms with Crippen molar-refractivity contribution >= 4 is 24.8 Å². The third-order valence-corrected chi connectivity index (χ3v) is 4.24. The highest BCUT2D eigenvalue weighted by Crippen LogP contribution is 2.45. The van der Waals surface area contributed by atoms with Crippen molar-refractivity contribution in [3.63, 3.8) is 0 Å². The van der Waals surface area contributed by atoms with Gasteiger partial charge in [0.05, 0.1) is 19.9 Å². The minimum absolute atomic E-state index is 0.0103. The van der Waals surface area contributed by atoms with Crippen LogP contribution in [-0.4, -0.2) is 41.4 Å². The first-order valence-corrected chi connectivity index (χ1v) is 8.81. The molecule has 0 radical (unpaired) electrons. The molecule has 0 spiro atoms. The largest absolute Gasteiger partial charge is 0.497 e. The Bertz CT molecular complexity index is 746. The topological polar surface area (TPSA) is 117 Å². The van der Waals surface area contributed by atoms with E-state index in [0.29, 0.717) is 17.2 Å². The molecule has 2 aromatic rings. The summed E-state index contributed by atoms with van der Waals surface area (Å²) in [5.41, 5.74) is 0.400. The van der Waals surface area contributed by atoms with Crippen LogP contribution in [0.25, 0.3) is 0 Å². The smallest absolute Gasteiger partial charge is 0.444 e. The normalized spacial score (nSPS) is 10.9. The van der Waals surface area contributed by atoms with Crippen LogP contribution in [0.1, 0.15) is 0 Å². The summed E-state index contributed by atoms with van der Waals surface area (Å²) in [5, 5.41) is 2.45. The van der Waals surface area contributed by atoms with Gasteiger partial charge in [-0.1, -0.05) is 12.1 Å². The number of ether oxygens (including phenoxy) is 3. The van der Waals surface area contributed by atoms with Gasteiger partial charge in [0.25, 0.3) is 5.91 Å². The summed E-state index contributed by atoms with van der Waals surface area (Å²) in [7, 11) is -1.28. The minimum Gasteiger partial charge on any atom is -0.497 e. The van der Waals surface area contributed by atoms with Crippen molar-refractivity contribution < 1.29 is 33.7 Å².